The molecule has 1 unspecified atom stereocenters. The molecule has 0 amide bonds. The molecule has 1 aromatic carbocycles. The highest BCUT2D eigenvalue weighted by Crippen LogP contribution is 2.20. The number of benzene rings is 1. The Morgan fingerprint density at radius 2 is 2.08 bits per heavy atom. The minimum absolute atomic E-state index is 0.295. The van der Waals surface area contributed by atoms with E-state index in [4.69, 9.17) is 9.37 Å². The molecule has 2 aromatic heterocycles. The third-order valence-corrected chi connectivity index (χ3v) is 4.36. The Labute approximate surface area is 140 Å². The van der Waals surface area contributed by atoms with Crippen LogP contribution in [0.1, 0.15) is 24.1 Å². The van der Waals surface area contributed by atoms with Crippen molar-refractivity contribution in [1.29, 1.82) is 0 Å². The minimum Gasteiger partial charge on any atom is -0.377 e. The molecule has 124 valence electrons. The molecule has 3 aromatic rings. The molecule has 6 nitrogen and oxygen atoms in total. The first-order valence-corrected chi connectivity index (χ1v) is 8.32. The summed E-state index contributed by atoms with van der Waals surface area (Å²) in [6.45, 7) is 3.30. The summed E-state index contributed by atoms with van der Waals surface area (Å²) >= 11 is 0. The first kappa shape index (κ1) is 15.2. The van der Waals surface area contributed by atoms with Crippen LogP contribution in [0.5, 0.6) is 0 Å². The summed E-state index contributed by atoms with van der Waals surface area (Å²) < 4.78 is 10.7. The van der Waals surface area contributed by atoms with Gasteiger partial charge in [0.15, 0.2) is 0 Å². The summed E-state index contributed by atoms with van der Waals surface area (Å²) in [5.41, 5.74) is 3.79. The van der Waals surface area contributed by atoms with Gasteiger partial charge in [0, 0.05) is 32.4 Å². The standard InChI is InChI=1S/C18H20N4O2/c1-2-9-19-15(6-1)12-22(13-16-7-4-10-23-16)11-14-5-3-8-17-18(14)21-24-20-17/h1-3,5-6,8-9,16H,4,7,10-13H2. The van der Waals surface area contributed by atoms with Crippen molar-refractivity contribution in [2.24, 2.45) is 0 Å². The predicted octanol–water partition coefficient (Wildman–Crippen LogP) is 2.80. The molecule has 1 aliphatic heterocycles. The second-order valence-electron chi connectivity index (χ2n) is 6.17. The molecule has 1 atom stereocenters. The topological polar surface area (TPSA) is 64.3 Å². The fraction of sp³-hybridized carbons (Fsp3) is 0.389. The van der Waals surface area contributed by atoms with Gasteiger partial charge in [0.2, 0.25) is 0 Å². The van der Waals surface area contributed by atoms with Crippen molar-refractivity contribution in [3.63, 3.8) is 0 Å². The molecule has 1 saturated heterocycles. The van der Waals surface area contributed by atoms with Crippen LogP contribution in [0, 0.1) is 0 Å². The highest BCUT2D eigenvalue weighted by molar-refractivity contribution is 5.76. The largest absolute Gasteiger partial charge is 0.377 e. The van der Waals surface area contributed by atoms with Crippen LogP contribution in [0.4, 0.5) is 0 Å². The summed E-state index contributed by atoms with van der Waals surface area (Å²) in [4.78, 5) is 6.82. The van der Waals surface area contributed by atoms with Crippen molar-refractivity contribution in [2.75, 3.05) is 13.2 Å². The number of aromatic nitrogens is 3. The molecule has 0 N–H and O–H groups in total. The molecule has 1 aliphatic rings. The Kier molecular flexibility index (Phi) is 4.49. The molecule has 0 spiro atoms. The smallest absolute Gasteiger partial charge is 0.139 e. The first-order chi connectivity index (χ1) is 11.9. The number of pyridine rings is 1. The predicted molar refractivity (Wildman–Crippen MR) is 89.1 cm³/mol. The molecule has 1 fully saturated rings. The molecular formula is C18H20N4O2. The minimum atomic E-state index is 0.295. The highest BCUT2D eigenvalue weighted by Gasteiger charge is 2.21. The van der Waals surface area contributed by atoms with Gasteiger partial charge in [-0.15, -0.1) is 0 Å². The van der Waals surface area contributed by atoms with E-state index < -0.39 is 0 Å². The summed E-state index contributed by atoms with van der Waals surface area (Å²) in [7, 11) is 0. The van der Waals surface area contributed by atoms with Crippen LogP contribution in [-0.4, -0.2) is 39.5 Å². The van der Waals surface area contributed by atoms with E-state index in [0.717, 1.165) is 61.4 Å². The van der Waals surface area contributed by atoms with Gasteiger partial charge in [-0.05, 0) is 46.9 Å². The SMILES string of the molecule is c1ccc(CN(Cc2cccc3nonc23)CC2CCCO2)nc1. The zero-order chi connectivity index (χ0) is 16.2. The van der Waals surface area contributed by atoms with Gasteiger partial charge in [0.1, 0.15) is 11.0 Å². The van der Waals surface area contributed by atoms with Crippen LogP contribution < -0.4 is 0 Å². The molecule has 3 heterocycles. The van der Waals surface area contributed by atoms with E-state index in [1.54, 1.807) is 0 Å². The van der Waals surface area contributed by atoms with Gasteiger partial charge in [-0.1, -0.05) is 18.2 Å². The average molecular weight is 324 g/mol. The van der Waals surface area contributed by atoms with Crippen LogP contribution in [0.2, 0.25) is 0 Å². The van der Waals surface area contributed by atoms with Crippen LogP contribution in [0.25, 0.3) is 11.0 Å². The molecule has 0 radical (unpaired) electrons. The van der Waals surface area contributed by atoms with Gasteiger partial charge in [-0.25, -0.2) is 4.63 Å². The van der Waals surface area contributed by atoms with E-state index in [0.29, 0.717) is 6.10 Å². The fourth-order valence-electron chi connectivity index (χ4n) is 3.21. The summed E-state index contributed by atoms with van der Waals surface area (Å²) in [5, 5.41) is 7.98. The Morgan fingerprint density at radius 3 is 2.92 bits per heavy atom. The van der Waals surface area contributed by atoms with Gasteiger partial charge in [-0.3, -0.25) is 9.88 Å². The normalized spacial score (nSPS) is 17.8. The van der Waals surface area contributed by atoms with Crippen LogP contribution >= 0.6 is 0 Å². The number of hydrogen-bond acceptors (Lipinski definition) is 6. The lowest BCUT2D eigenvalue weighted by Crippen LogP contribution is -2.31. The van der Waals surface area contributed by atoms with Crippen LogP contribution in [0.15, 0.2) is 47.2 Å². The van der Waals surface area contributed by atoms with Crippen molar-refractivity contribution in [1.82, 2.24) is 20.2 Å². The maximum Gasteiger partial charge on any atom is 0.139 e. The number of rotatable bonds is 6. The Hall–Kier alpha value is -2.31. The van der Waals surface area contributed by atoms with E-state index in [9.17, 15) is 0 Å². The number of ether oxygens (including phenoxy) is 1. The molecule has 24 heavy (non-hydrogen) atoms. The summed E-state index contributed by atoms with van der Waals surface area (Å²) in [6.07, 6.45) is 4.39. The Bertz CT molecular complexity index is 784. The van der Waals surface area contributed by atoms with Gasteiger partial charge in [-0.2, -0.15) is 0 Å². The molecule has 0 bridgehead atoms. The van der Waals surface area contributed by atoms with Gasteiger partial charge >= 0.3 is 0 Å². The number of nitrogens with zero attached hydrogens (tertiary/aromatic N) is 4. The molecule has 0 saturated carbocycles. The average Bonchev–Trinajstić information content (AvgIpc) is 3.27. The second-order valence-corrected chi connectivity index (χ2v) is 6.17. The van der Waals surface area contributed by atoms with Crippen molar-refractivity contribution in [3.05, 3.63) is 53.9 Å². The Balaban J connectivity index is 1.55. The second kappa shape index (κ2) is 7.07. The van der Waals surface area contributed by atoms with Crippen molar-refractivity contribution < 1.29 is 9.37 Å². The zero-order valence-electron chi connectivity index (χ0n) is 13.5. The van der Waals surface area contributed by atoms with E-state index in [1.165, 1.54) is 0 Å². The van der Waals surface area contributed by atoms with Gasteiger partial charge in [0.05, 0.1) is 11.8 Å². The van der Waals surface area contributed by atoms with E-state index in [2.05, 4.69) is 32.3 Å². The van der Waals surface area contributed by atoms with Crippen LogP contribution in [0.3, 0.4) is 0 Å². The summed E-state index contributed by atoms with van der Waals surface area (Å²) in [6, 6.07) is 12.0. The lowest BCUT2D eigenvalue weighted by molar-refractivity contribution is 0.0676. The van der Waals surface area contributed by atoms with Crippen LogP contribution in [-0.2, 0) is 17.8 Å². The lowest BCUT2D eigenvalue weighted by Gasteiger charge is -2.25. The van der Waals surface area contributed by atoms with E-state index in [-0.39, 0.29) is 0 Å². The maximum atomic E-state index is 5.82. The van der Waals surface area contributed by atoms with E-state index >= 15 is 0 Å². The molecular weight excluding hydrogens is 304 g/mol. The fourth-order valence-corrected chi connectivity index (χ4v) is 3.21. The van der Waals surface area contributed by atoms with Crippen molar-refractivity contribution >= 4 is 11.0 Å². The first-order valence-electron chi connectivity index (χ1n) is 8.32. The number of fused-ring (bicyclic) bond motifs is 1. The summed E-state index contributed by atoms with van der Waals surface area (Å²) in [5.74, 6) is 0. The molecule has 6 heteroatoms. The lowest BCUT2D eigenvalue weighted by atomic mass is 10.1. The molecule has 0 aliphatic carbocycles. The highest BCUT2D eigenvalue weighted by atomic mass is 16.6. The third-order valence-electron chi connectivity index (χ3n) is 4.36. The van der Waals surface area contributed by atoms with Gasteiger partial charge < -0.3 is 4.74 Å². The van der Waals surface area contributed by atoms with Crippen molar-refractivity contribution in [3.8, 4) is 0 Å². The van der Waals surface area contributed by atoms with Crippen molar-refractivity contribution in [2.45, 2.75) is 32.0 Å². The number of hydrogen-bond donors (Lipinski definition) is 0. The quantitative estimate of drug-likeness (QED) is 0.695. The van der Waals surface area contributed by atoms with E-state index in [1.807, 2.05) is 30.5 Å². The monoisotopic (exact) mass is 324 g/mol. The maximum absolute atomic E-state index is 5.82. The zero-order valence-corrected chi connectivity index (χ0v) is 13.5. The van der Waals surface area contributed by atoms with Gasteiger partial charge in [0.25, 0.3) is 0 Å². The Morgan fingerprint density at radius 1 is 1.08 bits per heavy atom. The third kappa shape index (κ3) is 3.44. The molecule has 4 rings (SSSR count).